The van der Waals surface area contributed by atoms with Crippen molar-refractivity contribution in [3.05, 3.63) is 65.7 Å². The molecule has 2 aromatic carbocycles. The Hall–Kier alpha value is -2.37. The van der Waals surface area contributed by atoms with Gasteiger partial charge in [-0.2, -0.15) is 0 Å². The van der Waals surface area contributed by atoms with Crippen molar-refractivity contribution in [3.8, 4) is 0 Å². The summed E-state index contributed by atoms with van der Waals surface area (Å²) in [5.41, 5.74) is 8.87. The highest BCUT2D eigenvalue weighted by Gasteiger charge is 2.40. The topological polar surface area (TPSA) is 75.4 Å². The van der Waals surface area contributed by atoms with Crippen molar-refractivity contribution in [2.24, 2.45) is 11.7 Å². The molecule has 4 rings (SSSR count). The average Bonchev–Trinajstić information content (AvgIpc) is 3.12. The summed E-state index contributed by atoms with van der Waals surface area (Å²) in [6, 6.07) is 17.8. The molecule has 0 saturated carbocycles. The quantitative estimate of drug-likeness (QED) is 0.853. The molecule has 0 radical (unpaired) electrons. The molecular weight excluding hydrogens is 362 g/mol. The van der Waals surface area contributed by atoms with E-state index in [2.05, 4.69) is 17.4 Å². The Morgan fingerprint density at radius 3 is 2.52 bits per heavy atom. The Kier molecular flexibility index (Phi) is 5.82. The van der Waals surface area contributed by atoms with Gasteiger partial charge in [-0.25, -0.2) is 0 Å². The van der Waals surface area contributed by atoms with E-state index in [0.717, 1.165) is 11.3 Å². The second kappa shape index (κ2) is 8.11. The maximum absolute atomic E-state index is 13.3. The number of nitrogens with two attached hydrogens (primary N) is 1. The zero-order chi connectivity index (χ0) is 18.1. The van der Waals surface area contributed by atoms with Gasteiger partial charge in [-0.05, 0) is 29.7 Å². The van der Waals surface area contributed by atoms with Gasteiger partial charge in [0.05, 0.1) is 5.92 Å². The van der Waals surface area contributed by atoms with Crippen LogP contribution >= 0.6 is 12.4 Å². The third-order valence-corrected chi connectivity index (χ3v) is 5.58. The van der Waals surface area contributed by atoms with Crippen LogP contribution in [0.15, 0.2) is 54.6 Å². The van der Waals surface area contributed by atoms with Crippen molar-refractivity contribution in [3.63, 3.8) is 0 Å². The number of amides is 2. The summed E-state index contributed by atoms with van der Waals surface area (Å²) in [7, 11) is 0. The minimum Gasteiger partial charge on any atom is -0.341 e. The predicted molar refractivity (Wildman–Crippen MR) is 108 cm³/mol. The van der Waals surface area contributed by atoms with Crippen molar-refractivity contribution in [2.75, 3.05) is 25.0 Å². The maximum atomic E-state index is 13.3. The molecule has 142 valence electrons. The summed E-state index contributed by atoms with van der Waals surface area (Å²) >= 11 is 0. The molecule has 0 spiro atoms. The van der Waals surface area contributed by atoms with Gasteiger partial charge in [0.25, 0.3) is 0 Å². The molecule has 1 fully saturated rings. The lowest BCUT2D eigenvalue weighted by molar-refractivity contribution is -0.134. The molecule has 0 bridgehead atoms. The molecule has 5 nitrogen and oxygen atoms in total. The largest absolute Gasteiger partial charge is 0.341 e. The smallest absolute Gasteiger partial charge is 0.230 e. The highest BCUT2D eigenvalue weighted by molar-refractivity contribution is 6.01. The number of likely N-dealkylation sites (tertiary alicyclic amines) is 1. The highest BCUT2D eigenvalue weighted by atomic mass is 35.5. The van der Waals surface area contributed by atoms with Crippen molar-refractivity contribution in [1.82, 2.24) is 4.90 Å². The number of hydrogen-bond donors (Lipinski definition) is 2. The van der Waals surface area contributed by atoms with E-state index >= 15 is 0 Å². The summed E-state index contributed by atoms with van der Waals surface area (Å²) in [6.45, 7) is 1.85. The number of nitrogens with zero attached hydrogens (tertiary/aromatic N) is 1. The van der Waals surface area contributed by atoms with E-state index < -0.39 is 5.92 Å². The van der Waals surface area contributed by atoms with Gasteiger partial charge >= 0.3 is 0 Å². The zero-order valence-corrected chi connectivity index (χ0v) is 15.8. The number of benzene rings is 2. The minimum atomic E-state index is -0.409. The average molecular weight is 386 g/mol. The van der Waals surface area contributed by atoms with E-state index in [1.807, 2.05) is 47.4 Å². The highest BCUT2D eigenvalue weighted by Crippen LogP contribution is 2.37. The number of anilines is 1. The fraction of sp³-hybridized carbons (Fsp3) is 0.333. The predicted octanol–water partition coefficient (Wildman–Crippen LogP) is 2.74. The number of fused-ring (bicyclic) bond motifs is 1. The van der Waals surface area contributed by atoms with Crippen LogP contribution in [0.2, 0.25) is 0 Å². The number of carbonyl (C=O) groups excluding carboxylic acids is 2. The molecule has 2 aromatic rings. The normalized spacial score (nSPS) is 24.0. The van der Waals surface area contributed by atoms with Crippen LogP contribution in [0.4, 0.5) is 5.69 Å². The van der Waals surface area contributed by atoms with Crippen molar-refractivity contribution in [1.29, 1.82) is 0 Å². The van der Waals surface area contributed by atoms with Crippen LogP contribution in [0.5, 0.6) is 0 Å². The number of carbonyl (C=O) groups is 2. The van der Waals surface area contributed by atoms with Gasteiger partial charge < -0.3 is 16.0 Å². The molecule has 1 unspecified atom stereocenters. The summed E-state index contributed by atoms with van der Waals surface area (Å²) < 4.78 is 0. The van der Waals surface area contributed by atoms with E-state index in [9.17, 15) is 9.59 Å². The minimum absolute atomic E-state index is 0. The Morgan fingerprint density at radius 2 is 1.78 bits per heavy atom. The molecular formula is C21H24ClN3O2. The first kappa shape index (κ1) is 19.4. The summed E-state index contributed by atoms with van der Waals surface area (Å²) in [4.78, 5) is 27.2. The van der Waals surface area contributed by atoms with Gasteiger partial charge in [0.2, 0.25) is 11.8 Å². The number of halogens is 1. The summed E-state index contributed by atoms with van der Waals surface area (Å²) in [6.07, 6.45) is 0.204. The Bertz CT molecular complexity index is 827. The van der Waals surface area contributed by atoms with Crippen molar-refractivity contribution < 1.29 is 9.59 Å². The maximum Gasteiger partial charge on any atom is 0.230 e. The fourth-order valence-corrected chi connectivity index (χ4v) is 4.22. The molecule has 6 heteroatoms. The molecule has 2 amide bonds. The molecule has 3 N–H and O–H groups in total. The van der Waals surface area contributed by atoms with E-state index in [0.29, 0.717) is 19.6 Å². The molecule has 0 aliphatic carbocycles. The molecule has 1 saturated heterocycles. The zero-order valence-electron chi connectivity index (χ0n) is 15.0. The second-order valence-corrected chi connectivity index (χ2v) is 7.15. The van der Waals surface area contributed by atoms with Crippen LogP contribution < -0.4 is 11.1 Å². The first-order valence-electron chi connectivity index (χ1n) is 9.10. The van der Waals surface area contributed by atoms with E-state index in [4.69, 9.17) is 5.73 Å². The van der Waals surface area contributed by atoms with Gasteiger partial charge in [0.15, 0.2) is 0 Å². The standard InChI is InChI=1S/C21H23N3O2.ClH/c22-11-15-12-24(13-18(15)14-6-2-1-3-7-14)21(26)17-10-20(25)23-19-9-5-4-8-16(17)19;/h1-9,15,17-18H,10-13,22H2,(H,23,25);1H/t15-,17?,18+;/m1./s1. The van der Waals surface area contributed by atoms with Crippen LogP contribution in [0.25, 0.3) is 0 Å². The van der Waals surface area contributed by atoms with Crippen LogP contribution in [0.1, 0.15) is 29.4 Å². The van der Waals surface area contributed by atoms with Crippen LogP contribution in [-0.2, 0) is 9.59 Å². The number of rotatable bonds is 3. The Morgan fingerprint density at radius 1 is 1.07 bits per heavy atom. The van der Waals surface area contributed by atoms with Gasteiger partial charge in [0.1, 0.15) is 0 Å². The van der Waals surface area contributed by atoms with Gasteiger partial charge in [-0.3, -0.25) is 9.59 Å². The first-order valence-corrected chi connectivity index (χ1v) is 9.10. The molecule has 2 heterocycles. The Balaban J connectivity index is 0.00000210. The fourth-order valence-electron chi connectivity index (χ4n) is 4.22. The molecule has 2 aliphatic rings. The SMILES string of the molecule is Cl.NC[C@@H]1CN(C(=O)C2CC(=O)Nc3ccccc32)C[C@H]1c1ccccc1. The summed E-state index contributed by atoms with van der Waals surface area (Å²) in [5.74, 6) is 0.0140. The van der Waals surface area contributed by atoms with Crippen LogP contribution in [0.3, 0.4) is 0 Å². The summed E-state index contributed by atoms with van der Waals surface area (Å²) in [5, 5.41) is 2.86. The molecule has 2 aliphatic heterocycles. The Labute approximate surface area is 165 Å². The number of para-hydroxylation sites is 1. The first-order chi connectivity index (χ1) is 12.7. The van der Waals surface area contributed by atoms with E-state index in [1.54, 1.807) is 0 Å². The third-order valence-electron chi connectivity index (χ3n) is 5.58. The van der Waals surface area contributed by atoms with Gasteiger partial charge in [0, 0.05) is 31.1 Å². The molecule has 0 aromatic heterocycles. The lowest BCUT2D eigenvalue weighted by Crippen LogP contribution is -2.37. The van der Waals surface area contributed by atoms with E-state index in [1.165, 1.54) is 5.56 Å². The van der Waals surface area contributed by atoms with Crippen LogP contribution in [0, 0.1) is 5.92 Å². The monoisotopic (exact) mass is 385 g/mol. The lowest BCUT2D eigenvalue weighted by Gasteiger charge is -2.28. The van der Waals surface area contributed by atoms with Gasteiger partial charge in [-0.15, -0.1) is 12.4 Å². The van der Waals surface area contributed by atoms with Gasteiger partial charge in [-0.1, -0.05) is 48.5 Å². The second-order valence-electron chi connectivity index (χ2n) is 7.15. The lowest BCUT2D eigenvalue weighted by atomic mass is 9.89. The third kappa shape index (κ3) is 3.70. The molecule has 27 heavy (non-hydrogen) atoms. The molecule has 3 atom stereocenters. The number of nitrogens with one attached hydrogen (secondary N) is 1. The van der Waals surface area contributed by atoms with Crippen molar-refractivity contribution in [2.45, 2.75) is 18.3 Å². The number of hydrogen-bond acceptors (Lipinski definition) is 3. The van der Waals surface area contributed by atoms with Crippen LogP contribution in [-0.4, -0.2) is 36.3 Å². The van der Waals surface area contributed by atoms with E-state index in [-0.39, 0.29) is 42.5 Å². The van der Waals surface area contributed by atoms with Crippen molar-refractivity contribution >= 4 is 29.9 Å².